The summed E-state index contributed by atoms with van der Waals surface area (Å²) in [6.45, 7) is 15.6. The second-order valence-electron chi connectivity index (χ2n) is 9.22. The van der Waals surface area contributed by atoms with Crippen LogP contribution in [0.5, 0.6) is 11.5 Å². The van der Waals surface area contributed by atoms with Crippen LogP contribution >= 0.6 is 0 Å². The third kappa shape index (κ3) is 4.93. The number of carbonyl (C=O) groups is 1. The van der Waals surface area contributed by atoms with Gasteiger partial charge in [0.2, 0.25) is 0 Å². The first-order chi connectivity index (χ1) is 14.2. The molecule has 0 amide bonds. The van der Waals surface area contributed by atoms with E-state index >= 15 is 0 Å². The Morgan fingerprint density at radius 2 is 1.60 bits per heavy atom. The van der Waals surface area contributed by atoms with Crippen molar-refractivity contribution in [1.82, 2.24) is 4.90 Å². The third-order valence-corrected chi connectivity index (χ3v) is 6.03. The molecule has 1 aliphatic heterocycles. The van der Waals surface area contributed by atoms with Gasteiger partial charge < -0.3 is 9.47 Å². The van der Waals surface area contributed by atoms with Crippen molar-refractivity contribution in [3.8, 4) is 11.5 Å². The van der Waals surface area contributed by atoms with Gasteiger partial charge in [0.25, 0.3) is 0 Å². The lowest BCUT2D eigenvalue weighted by molar-refractivity contribution is -0.00430. The van der Waals surface area contributed by atoms with Crippen molar-refractivity contribution in [2.24, 2.45) is 0 Å². The summed E-state index contributed by atoms with van der Waals surface area (Å²) in [6.07, 6.45) is 0. The van der Waals surface area contributed by atoms with E-state index < -0.39 is 5.54 Å². The number of ketones is 1. The summed E-state index contributed by atoms with van der Waals surface area (Å²) in [5, 5.41) is 0. The highest BCUT2D eigenvalue weighted by molar-refractivity contribution is 6.03. The minimum Gasteiger partial charge on any atom is -0.457 e. The molecule has 4 nitrogen and oxygen atoms in total. The number of benzene rings is 2. The van der Waals surface area contributed by atoms with Crippen LogP contribution in [0.15, 0.2) is 42.5 Å². The highest BCUT2D eigenvalue weighted by Crippen LogP contribution is 2.33. The Hall–Kier alpha value is -2.17. The Bertz CT molecular complexity index is 862. The summed E-state index contributed by atoms with van der Waals surface area (Å²) in [5.74, 6) is 2.50. The number of carbonyl (C=O) groups excluding carboxylic acids is 1. The van der Waals surface area contributed by atoms with E-state index in [1.165, 1.54) is 5.56 Å². The van der Waals surface area contributed by atoms with Crippen LogP contribution < -0.4 is 4.74 Å². The van der Waals surface area contributed by atoms with Gasteiger partial charge in [-0.3, -0.25) is 9.69 Å². The van der Waals surface area contributed by atoms with Gasteiger partial charge in [0.05, 0.1) is 18.8 Å². The van der Waals surface area contributed by atoms with Crippen molar-refractivity contribution in [2.45, 2.75) is 58.9 Å². The van der Waals surface area contributed by atoms with Crippen molar-refractivity contribution >= 4 is 5.78 Å². The van der Waals surface area contributed by atoms with Gasteiger partial charge in [-0.15, -0.1) is 0 Å². The number of hydrogen-bond acceptors (Lipinski definition) is 4. The number of rotatable bonds is 7. The Labute approximate surface area is 181 Å². The summed E-state index contributed by atoms with van der Waals surface area (Å²) in [6, 6.07) is 14.1. The maximum absolute atomic E-state index is 13.4. The maximum atomic E-state index is 13.4. The van der Waals surface area contributed by atoms with E-state index in [9.17, 15) is 4.79 Å². The molecule has 3 rings (SSSR count). The molecule has 0 unspecified atom stereocenters. The predicted molar refractivity (Wildman–Crippen MR) is 122 cm³/mol. The van der Waals surface area contributed by atoms with Gasteiger partial charge in [0.15, 0.2) is 5.78 Å². The molecule has 162 valence electrons. The van der Waals surface area contributed by atoms with Gasteiger partial charge in [-0.1, -0.05) is 39.8 Å². The zero-order chi connectivity index (χ0) is 21.9. The van der Waals surface area contributed by atoms with E-state index in [2.05, 4.69) is 44.7 Å². The highest BCUT2D eigenvalue weighted by atomic mass is 16.5. The minimum atomic E-state index is -0.562. The fourth-order valence-corrected chi connectivity index (χ4v) is 3.90. The van der Waals surface area contributed by atoms with Crippen LogP contribution in [0.2, 0.25) is 0 Å². The van der Waals surface area contributed by atoms with Crippen LogP contribution in [0, 0.1) is 0 Å². The lowest BCUT2D eigenvalue weighted by atomic mass is 9.88. The van der Waals surface area contributed by atoms with Gasteiger partial charge in [-0.05, 0) is 67.1 Å². The van der Waals surface area contributed by atoms with Crippen molar-refractivity contribution in [3.63, 3.8) is 0 Å². The van der Waals surface area contributed by atoms with Crippen LogP contribution in [-0.2, 0) is 4.74 Å². The summed E-state index contributed by atoms with van der Waals surface area (Å²) >= 11 is 0. The van der Waals surface area contributed by atoms with E-state index in [0.29, 0.717) is 19.1 Å². The zero-order valence-electron chi connectivity index (χ0n) is 19.2. The molecule has 0 aliphatic carbocycles. The van der Waals surface area contributed by atoms with Crippen molar-refractivity contribution < 1.29 is 14.3 Å². The molecular weight excluding hydrogens is 374 g/mol. The topological polar surface area (TPSA) is 38.8 Å². The molecule has 2 aromatic carbocycles. The summed E-state index contributed by atoms with van der Waals surface area (Å²) in [5.41, 5.74) is 2.51. The monoisotopic (exact) mass is 409 g/mol. The molecule has 1 aliphatic rings. The summed E-state index contributed by atoms with van der Waals surface area (Å²) in [7, 11) is 0. The Morgan fingerprint density at radius 3 is 2.17 bits per heavy atom. The molecule has 1 heterocycles. The molecule has 2 aromatic rings. The molecular formula is C26H35NO3. The van der Waals surface area contributed by atoms with E-state index in [1.54, 1.807) is 0 Å². The molecule has 30 heavy (non-hydrogen) atoms. The van der Waals surface area contributed by atoms with E-state index in [-0.39, 0.29) is 11.7 Å². The molecule has 0 radical (unpaired) electrons. The number of morpholine rings is 1. The molecule has 0 atom stereocenters. The van der Waals surface area contributed by atoms with Gasteiger partial charge in [0.1, 0.15) is 11.5 Å². The number of nitrogens with zero attached hydrogens (tertiary/aromatic N) is 1. The van der Waals surface area contributed by atoms with Crippen LogP contribution in [0.25, 0.3) is 0 Å². The average Bonchev–Trinajstić information content (AvgIpc) is 2.74. The maximum Gasteiger partial charge on any atom is 0.182 e. The van der Waals surface area contributed by atoms with Gasteiger partial charge in [-0.25, -0.2) is 0 Å². The van der Waals surface area contributed by atoms with Crippen LogP contribution in [0.1, 0.15) is 74.9 Å². The second-order valence-corrected chi connectivity index (χ2v) is 9.22. The molecule has 0 spiro atoms. The van der Waals surface area contributed by atoms with Gasteiger partial charge in [-0.2, -0.15) is 0 Å². The first kappa shape index (κ1) is 22.5. The number of Topliss-reactive ketones (excluding diaryl/α,β-unsaturated/α-hetero) is 1. The molecule has 1 saturated heterocycles. The lowest BCUT2D eigenvalue weighted by Crippen LogP contribution is -2.54. The fraction of sp³-hybridized carbons (Fsp3) is 0.500. The second kappa shape index (κ2) is 9.32. The quantitative estimate of drug-likeness (QED) is 0.524. The van der Waals surface area contributed by atoms with E-state index in [4.69, 9.17) is 9.47 Å². The zero-order valence-corrected chi connectivity index (χ0v) is 19.2. The number of ether oxygens (including phenoxy) is 2. The summed E-state index contributed by atoms with van der Waals surface area (Å²) in [4.78, 5) is 15.6. The molecule has 1 fully saturated rings. The predicted octanol–water partition coefficient (Wildman–Crippen LogP) is 6.02. The van der Waals surface area contributed by atoms with Crippen LogP contribution in [0.3, 0.4) is 0 Å². The molecule has 0 N–H and O–H groups in total. The molecule has 0 bridgehead atoms. The van der Waals surface area contributed by atoms with Gasteiger partial charge in [0, 0.05) is 18.7 Å². The fourth-order valence-electron chi connectivity index (χ4n) is 3.90. The van der Waals surface area contributed by atoms with Crippen molar-refractivity contribution in [1.29, 1.82) is 0 Å². The normalized spacial score (nSPS) is 15.6. The highest BCUT2D eigenvalue weighted by Gasteiger charge is 2.36. The Balaban J connectivity index is 1.84. The van der Waals surface area contributed by atoms with Crippen molar-refractivity contribution in [3.05, 3.63) is 59.2 Å². The number of hydrogen-bond donors (Lipinski definition) is 0. The largest absolute Gasteiger partial charge is 0.457 e. The van der Waals surface area contributed by atoms with Crippen LogP contribution in [-0.4, -0.2) is 42.5 Å². The Morgan fingerprint density at radius 1 is 0.967 bits per heavy atom. The smallest absolute Gasteiger partial charge is 0.182 e. The SMILES string of the molecule is CC(C)c1ccc(Oc2ccc(C(=O)C(C)(C)N3CCOCC3)cc2C(C)C)cc1. The van der Waals surface area contributed by atoms with Gasteiger partial charge >= 0.3 is 0 Å². The van der Waals surface area contributed by atoms with Crippen LogP contribution in [0.4, 0.5) is 0 Å². The minimum absolute atomic E-state index is 0.138. The van der Waals surface area contributed by atoms with Crippen molar-refractivity contribution in [2.75, 3.05) is 26.3 Å². The summed E-state index contributed by atoms with van der Waals surface area (Å²) < 4.78 is 11.7. The molecule has 0 saturated carbocycles. The Kier molecular flexibility index (Phi) is 6.99. The third-order valence-electron chi connectivity index (χ3n) is 6.03. The first-order valence-electron chi connectivity index (χ1n) is 11.0. The molecule has 4 heteroatoms. The standard InChI is InChI=1S/C26H35NO3/c1-18(2)20-7-10-22(11-8-20)30-24-12-9-21(17-23(24)19(3)4)25(28)26(5,6)27-13-15-29-16-14-27/h7-12,17-19H,13-16H2,1-6H3. The average molecular weight is 410 g/mol. The first-order valence-corrected chi connectivity index (χ1v) is 11.0. The lowest BCUT2D eigenvalue weighted by Gasteiger charge is -2.39. The van der Waals surface area contributed by atoms with E-state index in [0.717, 1.165) is 35.7 Å². The van der Waals surface area contributed by atoms with E-state index in [1.807, 2.05) is 44.2 Å². The molecule has 0 aromatic heterocycles.